The molecule has 0 heterocycles. The molecule has 32 heavy (non-hydrogen) atoms. The van der Waals surface area contributed by atoms with E-state index >= 15 is 0 Å². The summed E-state index contributed by atoms with van der Waals surface area (Å²) >= 11 is 0. The van der Waals surface area contributed by atoms with E-state index in [0.717, 1.165) is 25.4 Å². The Labute approximate surface area is 204 Å². The lowest BCUT2D eigenvalue weighted by atomic mass is 10.0. The number of hydrogen-bond acceptors (Lipinski definition) is 3. The second-order valence-corrected chi connectivity index (χ2v) is 12.0. The van der Waals surface area contributed by atoms with Crippen LogP contribution in [-0.4, -0.2) is 31.5 Å². The molecule has 0 aromatic rings. The molecule has 2 unspecified atom stereocenters. The fraction of sp³-hybridized carbons (Fsp3) is 1.00. The lowest BCUT2D eigenvalue weighted by molar-refractivity contribution is 0.364. The summed E-state index contributed by atoms with van der Waals surface area (Å²) in [6.45, 7) is 7.88. The Kier molecular flexibility index (Phi) is 25.8. The van der Waals surface area contributed by atoms with Gasteiger partial charge in [0.15, 0.2) is 0 Å². The third-order valence-electron chi connectivity index (χ3n) is 7.13. The van der Waals surface area contributed by atoms with Crippen LogP contribution in [0.5, 0.6) is 0 Å². The Morgan fingerprint density at radius 1 is 0.500 bits per heavy atom. The molecule has 0 aliphatic heterocycles. The van der Waals surface area contributed by atoms with Crippen molar-refractivity contribution in [2.75, 3.05) is 6.54 Å². The van der Waals surface area contributed by atoms with Crippen LogP contribution in [0.2, 0.25) is 5.54 Å². The molecule has 194 valence electrons. The van der Waals surface area contributed by atoms with Gasteiger partial charge < -0.3 is 14.9 Å². The summed E-state index contributed by atoms with van der Waals surface area (Å²) in [7, 11) is -2.46. The maximum Gasteiger partial charge on any atom is 0.319 e. The molecule has 0 aromatic carbocycles. The average Bonchev–Trinajstić information content (AvgIpc) is 2.78. The van der Waals surface area contributed by atoms with Crippen molar-refractivity contribution in [2.45, 2.75) is 174 Å². The first-order chi connectivity index (χ1) is 15.7. The molecule has 4 heteroatoms. The molecule has 0 aliphatic carbocycles. The van der Waals surface area contributed by atoms with Gasteiger partial charge in [-0.25, -0.2) is 0 Å². The minimum atomic E-state index is -2.46. The maximum atomic E-state index is 9.83. The highest BCUT2D eigenvalue weighted by Crippen LogP contribution is 2.25. The van der Waals surface area contributed by atoms with Crippen LogP contribution in [0.3, 0.4) is 0 Å². The van der Waals surface area contributed by atoms with Crippen LogP contribution in [0.1, 0.15) is 162 Å². The fourth-order valence-electron chi connectivity index (χ4n) is 4.93. The van der Waals surface area contributed by atoms with Crippen LogP contribution in [0.15, 0.2) is 0 Å². The largest absolute Gasteiger partial charge is 0.413 e. The predicted molar refractivity (Wildman–Crippen MR) is 146 cm³/mol. The molecular formula is C28H61NO2Si. The van der Waals surface area contributed by atoms with Gasteiger partial charge in [-0.15, -0.1) is 0 Å². The third kappa shape index (κ3) is 21.9. The van der Waals surface area contributed by atoms with E-state index in [9.17, 15) is 9.59 Å². The number of unbranched alkanes of at least 4 members (excludes halogenated alkanes) is 15. The van der Waals surface area contributed by atoms with Gasteiger partial charge in [0.25, 0.3) is 0 Å². The molecule has 3 nitrogen and oxygen atoms in total. The van der Waals surface area contributed by atoms with Gasteiger partial charge in [-0.2, -0.15) is 0 Å². The van der Waals surface area contributed by atoms with E-state index in [1.165, 1.54) is 128 Å². The minimum Gasteiger partial charge on any atom is -0.413 e. The van der Waals surface area contributed by atoms with Crippen molar-refractivity contribution in [3.63, 3.8) is 0 Å². The van der Waals surface area contributed by atoms with E-state index in [4.69, 9.17) is 0 Å². The van der Waals surface area contributed by atoms with Gasteiger partial charge >= 0.3 is 9.28 Å². The molecule has 0 bridgehead atoms. The van der Waals surface area contributed by atoms with Crippen LogP contribution in [0.25, 0.3) is 0 Å². The minimum absolute atomic E-state index is 0.231. The van der Waals surface area contributed by atoms with Gasteiger partial charge in [-0.1, -0.05) is 136 Å². The van der Waals surface area contributed by atoms with Crippen molar-refractivity contribution in [1.82, 2.24) is 5.32 Å². The molecular weight excluding hydrogens is 410 g/mol. The number of hydrogen-bond donors (Lipinski definition) is 3. The molecule has 0 spiro atoms. The summed E-state index contributed by atoms with van der Waals surface area (Å²) in [4.78, 5) is 19.7. The molecule has 0 fully saturated rings. The van der Waals surface area contributed by atoms with E-state index in [2.05, 4.69) is 26.1 Å². The van der Waals surface area contributed by atoms with E-state index in [1.807, 2.05) is 0 Å². The van der Waals surface area contributed by atoms with Crippen molar-refractivity contribution in [2.24, 2.45) is 0 Å². The van der Waals surface area contributed by atoms with Gasteiger partial charge in [0.1, 0.15) is 0 Å². The number of nitrogens with one attached hydrogen (secondary N) is 1. The molecule has 0 rings (SSSR count). The highest BCUT2D eigenvalue weighted by atomic mass is 28.3. The van der Waals surface area contributed by atoms with Crippen molar-refractivity contribution >= 4 is 9.28 Å². The normalized spacial score (nSPS) is 13.7. The zero-order valence-electron chi connectivity index (χ0n) is 22.4. The van der Waals surface area contributed by atoms with Crippen LogP contribution < -0.4 is 5.32 Å². The summed E-state index contributed by atoms with van der Waals surface area (Å²) in [5.41, 5.74) is 0.231. The lowest BCUT2D eigenvalue weighted by Gasteiger charge is -2.17. The lowest BCUT2D eigenvalue weighted by Crippen LogP contribution is -2.28. The molecule has 0 aromatic heterocycles. The fourth-order valence-corrected chi connectivity index (χ4v) is 6.00. The second-order valence-electron chi connectivity index (χ2n) is 10.2. The molecule has 2 atom stereocenters. The third-order valence-corrected chi connectivity index (χ3v) is 8.64. The first kappa shape index (κ1) is 32.1. The van der Waals surface area contributed by atoms with Crippen LogP contribution >= 0.6 is 0 Å². The summed E-state index contributed by atoms with van der Waals surface area (Å²) in [5.74, 6) is 0. The van der Waals surface area contributed by atoms with Crippen LogP contribution in [0, 0.1) is 0 Å². The SMILES string of the molecule is CCCCCCCCCC(CCCCCCCCCCCC(CCCC)NCC)[SiH](O)O. The standard InChI is InChI=1S/C28H61NO2Si/c1-4-7-9-10-14-18-21-25-28(32(30)31)26-22-19-16-13-11-12-15-17-20-24-27(29-6-3)23-8-5-2/h27-32H,4-26H2,1-3H3. The van der Waals surface area contributed by atoms with Crippen LogP contribution in [-0.2, 0) is 0 Å². The van der Waals surface area contributed by atoms with Crippen molar-refractivity contribution in [3.05, 3.63) is 0 Å². The smallest absolute Gasteiger partial charge is 0.319 e. The Morgan fingerprint density at radius 3 is 1.28 bits per heavy atom. The monoisotopic (exact) mass is 471 g/mol. The first-order valence-corrected chi connectivity index (χ1v) is 16.4. The molecule has 0 amide bonds. The Bertz CT molecular complexity index is 354. The quantitative estimate of drug-likeness (QED) is 0.0880. The highest BCUT2D eigenvalue weighted by molar-refractivity contribution is 6.43. The summed E-state index contributed by atoms with van der Waals surface area (Å²) in [5, 5.41) is 3.66. The topological polar surface area (TPSA) is 52.5 Å². The van der Waals surface area contributed by atoms with Crippen molar-refractivity contribution in [3.8, 4) is 0 Å². The van der Waals surface area contributed by atoms with Gasteiger partial charge in [-0.05, 0) is 37.8 Å². The highest BCUT2D eigenvalue weighted by Gasteiger charge is 2.18. The van der Waals surface area contributed by atoms with Crippen molar-refractivity contribution < 1.29 is 9.59 Å². The summed E-state index contributed by atoms with van der Waals surface area (Å²) in [6.07, 6.45) is 28.7. The second kappa shape index (κ2) is 25.7. The van der Waals surface area contributed by atoms with E-state index in [0.29, 0.717) is 0 Å². The van der Waals surface area contributed by atoms with Gasteiger partial charge in [-0.3, -0.25) is 0 Å². The molecule has 3 N–H and O–H groups in total. The first-order valence-electron chi connectivity index (χ1n) is 14.7. The van der Waals surface area contributed by atoms with Gasteiger partial charge in [0.05, 0.1) is 0 Å². The maximum absolute atomic E-state index is 9.83. The molecule has 0 saturated heterocycles. The van der Waals surface area contributed by atoms with E-state index in [-0.39, 0.29) is 5.54 Å². The van der Waals surface area contributed by atoms with Gasteiger partial charge in [0, 0.05) is 6.04 Å². The summed E-state index contributed by atoms with van der Waals surface area (Å²) in [6, 6.07) is 0.745. The Balaban J connectivity index is 3.53. The van der Waals surface area contributed by atoms with Crippen LogP contribution in [0.4, 0.5) is 0 Å². The predicted octanol–water partition coefficient (Wildman–Crippen LogP) is 8.16. The van der Waals surface area contributed by atoms with E-state index < -0.39 is 9.28 Å². The van der Waals surface area contributed by atoms with Crippen molar-refractivity contribution in [1.29, 1.82) is 0 Å². The number of rotatable bonds is 26. The zero-order chi connectivity index (χ0) is 23.7. The molecule has 0 aliphatic rings. The molecule has 0 radical (unpaired) electrons. The Hall–Kier alpha value is 0.0969. The van der Waals surface area contributed by atoms with Gasteiger partial charge in [0.2, 0.25) is 0 Å². The van der Waals surface area contributed by atoms with E-state index in [1.54, 1.807) is 0 Å². The average molecular weight is 472 g/mol. The summed E-state index contributed by atoms with van der Waals surface area (Å²) < 4.78 is 0. The zero-order valence-corrected chi connectivity index (χ0v) is 23.5. The Morgan fingerprint density at radius 2 is 0.875 bits per heavy atom. The molecule has 0 saturated carbocycles.